The zero-order valence-electron chi connectivity index (χ0n) is 17.8. The van der Waals surface area contributed by atoms with Crippen LogP contribution in [-0.4, -0.2) is 33.2 Å². The van der Waals surface area contributed by atoms with Crippen molar-refractivity contribution in [2.75, 3.05) is 6.61 Å². The van der Waals surface area contributed by atoms with Crippen LogP contribution in [0.25, 0.3) is 11.1 Å². The molecule has 5 atom stereocenters. The van der Waals surface area contributed by atoms with E-state index in [1.54, 1.807) is 17.0 Å². The van der Waals surface area contributed by atoms with Crippen LogP contribution in [-0.2, 0) is 11.3 Å². The number of nitrogens with zero attached hydrogens (tertiary/aromatic N) is 2. The van der Waals surface area contributed by atoms with Gasteiger partial charge in [-0.1, -0.05) is 36.4 Å². The third kappa shape index (κ3) is 3.43. The first-order valence-electron chi connectivity index (χ1n) is 10.9. The number of carbonyl (C=O) groups excluding carboxylic acids is 1. The molecule has 0 bridgehead atoms. The van der Waals surface area contributed by atoms with Gasteiger partial charge in [0.15, 0.2) is 0 Å². The molecular weight excluding hydrogens is 404 g/mol. The van der Waals surface area contributed by atoms with Crippen molar-refractivity contribution in [3.63, 3.8) is 0 Å². The Bertz CT molecular complexity index is 1180. The lowest BCUT2D eigenvalue weighted by molar-refractivity contribution is -0.125. The molecule has 2 aliphatic heterocycles. The van der Waals surface area contributed by atoms with E-state index in [4.69, 9.17) is 0 Å². The molecule has 0 spiro atoms. The largest absolute Gasteiger partial charge is 0.396 e. The van der Waals surface area contributed by atoms with Crippen LogP contribution >= 0.6 is 0 Å². The minimum absolute atomic E-state index is 0.0281. The van der Waals surface area contributed by atoms with Crippen molar-refractivity contribution in [3.05, 3.63) is 88.6 Å². The number of nitrogens with one attached hydrogen (secondary N) is 2. The molecule has 0 aliphatic carbocycles. The van der Waals surface area contributed by atoms with Crippen LogP contribution in [0.3, 0.4) is 0 Å². The second-order valence-corrected chi connectivity index (χ2v) is 8.60. The highest BCUT2D eigenvalue weighted by molar-refractivity contribution is 5.83. The number of fused-ring (bicyclic) bond motifs is 3. The van der Waals surface area contributed by atoms with Crippen molar-refractivity contribution >= 4 is 5.91 Å². The number of aliphatic hydroxyl groups is 1. The lowest BCUT2D eigenvalue weighted by atomic mass is 9.88. The summed E-state index contributed by atoms with van der Waals surface area (Å²) in [6.45, 7) is 2.30. The Morgan fingerprint density at radius 2 is 2.03 bits per heavy atom. The zero-order chi connectivity index (χ0) is 22.2. The van der Waals surface area contributed by atoms with Gasteiger partial charge in [-0.05, 0) is 30.7 Å². The molecule has 1 saturated heterocycles. The van der Waals surface area contributed by atoms with E-state index < -0.39 is 6.04 Å². The highest BCUT2D eigenvalue weighted by Gasteiger charge is 2.50. The fourth-order valence-electron chi connectivity index (χ4n) is 5.12. The Labute approximate surface area is 186 Å². The summed E-state index contributed by atoms with van der Waals surface area (Å²) in [6, 6.07) is 16.5. The fourth-order valence-corrected chi connectivity index (χ4v) is 5.12. The van der Waals surface area contributed by atoms with E-state index in [-0.39, 0.29) is 42.0 Å². The fraction of sp³-hybridized carbons (Fsp3) is 0.320. The Balaban J connectivity index is 1.38. The second-order valence-electron chi connectivity index (χ2n) is 8.60. The molecule has 7 nitrogen and oxygen atoms in total. The van der Waals surface area contributed by atoms with Gasteiger partial charge in [-0.25, -0.2) is 0 Å². The van der Waals surface area contributed by atoms with Gasteiger partial charge in [-0.2, -0.15) is 0 Å². The van der Waals surface area contributed by atoms with Gasteiger partial charge in [0.05, 0.1) is 18.1 Å². The molecule has 7 heteroatoms. The number of rotatable bonds is 5. The number of benzene rings is 1. The van der Waals surface area contributed by atoms with E-state index in [0.717, 1.165) is 16.8 Å². The summed E-state index contributed by atoms with van der Waals surface area (Å²) >= 11 is 0. The van der Waals surface area contributed by atoms with Gasteiger partial charge in [-0.15, -0.1) is 0 Å². The number of carbonyl (C=O) groups is 1. The molecule has 0 radical (unpaired) electrons. The normalized spacial score (nSPS) is 24.6. The predicted octanol–water partition coefficient (Wildman–Crippen LogP) is 2.04. The van der Waals surface area contributed by atoms with E-state index in [1.165, 1.54) is 0 Å². The maximum Gasteiger partial charge on any atom is 0.258 e. The Morgan fingerprint density at radius 1 is 1.22 bits per heavy atom. The number of pyridine rings is 2. The lowest BCUT2D eigenvalue weighted by Gasteiger charge is -2.23. The minimum Gasteiger partial charge on any atom is -0.396 e. The highest BCUT2D eigenvalue weighted by Crippen LogP contribution is 2.42. The van der Waals surface area contributed by atoms with Gasteiger partial charge >= 0.3 is 0 Å². The first-order chi connectivity index (χ1) is 15.6. The molecule has 0 saturated carbocycles. The molecule has 2 aliphatic rings. The van der Waals surface area contributed by atoms with Crippen molar-refractivity contribution in [2.24, 2.45) is 11.8 Å². The standard InChI is InChI=1S/C25H26N4O3/c1-15(16-6-3-2-4-7-16)27-24(31)23-20(14-30)19-13-29-21(22(19)28-23)10-9-18(25(29)32)17-8-5-11-26-12-17/h2-12,15,19-20,22-23,28,30H,13-14H2,1H3,(H,27,31)/t15-,19+,20+,22-,23+/m0/s1. The molecule has 2 aromatic heterocycles. The molecule has 3 N–H and O–H groups in total. The predicted molar refractivity (Wildman–Crippen MR) is 121 cm³/mol. The van der Waals surface area contributed by atoms with Gasteiger partial charge in [0, 0.05) is 54.2 Å². The van der Waals surface area contributed by atoms with E-state index in [9.17, 15) is 14.7 Å². The SMILES string of the molecule is C[C@H](NC(=O)[C@@H]1N[C@@H]2c3ccc(-c4cccnc4)c(=O)n3C[C@@H]2[C@H]1CO)c1ccccc1. The van der Waals surface area contributed by atoms with Crippen molar-refractivity contribution in [3.8, 4) is 11.1 Å². The maximum atomic E-state index is 13.2. The van der Waals surface area contributed by atoms with E-state index in [2.05, 4.69) is 15.6 Å². The highest BCUT2D eigenvalue weighted by atomic mass is 16.3. The monoisotopic (exact) mass is 430 g/mol. The van der Waals surface area contributed by atoms with Crippen LogP contribution in [0.4, 0.5) is 0 Å². The molecule has 3 aromatic rings. The molecule has 5 rings (SSSR count). The summed E-state index contributed by atoms with van der Waals surface area (Å²) in [6.07, 6.45) is 3.36. The minimum atomic E-state index is -0.511. The molecular formula is C25H26N4O3. The summed E-state index contributed by atoms with van der Waals surface area (Å²) < 4.78 is 1.77. The van der Waals surface area contributed by atoms with Crippen molar-refractivity contribution in [1.82, 2.24) is 20.2 Å². The first kappa shape index (κ1) is 20.6. The summed E-state index contributed by atoms with van der Waals surface area (Å²) in [5.41, 5.74) is 3.20. The topological polar surface area (TPSA) is 96.3 Å². The summed E-state index contributed by atoms with van der Waals surface area (Å²) in [4.78, 5) is 30.4. The number of hydrogen-bond acceptors (Lipinski definition) is 5. The summed E-state index contributed by atoms with van der Waals surface area (Å²) in [7, 11) is 0. The van der Waals surface area contributed by atoms with Crippen molar-refractivity contribution < 1.29 is 9.90 Å². The van der Waals surface area contributed by atoms with E-state index in [1.807, 2.05) is 61.5 Å². The van der Waals surface area contributed by atoms with Gasteiger partial charge in [0.2, 0.25) is 5.91 Å². The molecule has 1 fully saturated rings. The summed E-state index contributed by atoms with van der Waals surface area (Å²) in [5, 5.41) is 16.6. The quantitative estimate of drug-likeness (QED) is 0.576. The first-order valence-corrected chi connectivity index (χ1v) is 10.9. The zero-order valence-corrected chi connectivity index (χ0v) is 17.8. The van der Waals surface area contributed by atoms with Crippen LogP contribution in [0.2, 0.25) is 0 Å². The van der Waals surface area contributed by atoms with Crippen molar-refractivity contribution in [2.45, 2.75) is 31.6 Å². The molecule has 1 amide bonds. The molecule has 0 unspecified atom stereocenters. The number of aromatic nitrogens is 2. The lowest BCUT2D eigenvalue weighted by Crippen LogP contribution is -2.46. The average molecular weight is 431 g/mol. The Hall–Kier alpha value is -3.29. The smallest absolute Gasteiger partial charge is 0.258 e. The van der Waals surface area contributed by atoms with Crippen LogP contribution in [0.1, 0.15) is 30.3 Å². The third-order valence-electron chi connectivity index (χ3n) is 6.81. The van der Waals surface area contributed by atoms with E-state index >= 15 is 0 Å². The van der Waals surface area contributed by atoms with Crippen LogP contribution < -0.4 is 16.2 Å². The number of hydrogen-bond donors (Lipinski definition) is 3. The molecule has 32 heavy (non-hydrogen) atoms. The van der Waals surface area contributed by atoms with Gasteiger partial charge in [0.25, 0.3) is 5.56 Å². The van der Waals surface area contributed by atoms with Crippen LogP contribution in [0.15, 0.2) is 71.8 Å². The number of amides is 1. The Morgan fingerprint density at radius 3 is 2.75 bits per heavy atom. The summed E-state index contributed by atoms with van der Waals surface area (Å²) in [5.74, 6) is -0.431. The van der Waals surface area contributed by atoms with Crippen molar-refractivity contribution in [1.29, 1.82) is 0 Å². The van der Waals surface area contributed by atoms with Crippen LogP contribution in [0.5, 0.6) is 0 Å². The second kappa shape index (κ2) is 8.33. The Kier molecular flexibility index (Phi) is 5.36. The number of aliphatic hydroxyl groups excluding tert-OH is 1. The molecule has 164 valence electrons. The third-order valence-corrected chi connectivity index (χ3v) is 6.81. The van der Waals surface area contributed by atoms with Gasteiger partial charge in [-0.3, -0.25) is 19.9 Å². The average Bonchev–Trinajstić information content (AvgIpc) is 3.37. The van der Waals surface area contributed by atoms with Gasteiger partial charge < -0.3 is 15.0 Å². The maximum absolute atomic E-state index is 13.2. The van der Waals surface area contributed by atoms with Crippen LogP contribution in [0, 0.1) is 11.8 Å². The van der Waals surface area contributed by atoms with E-state index in [0.29, 0.717) is 12.1 Å². The van der Waals surface area contributed by atoms with Gasteiger partial charge in [0.1, 0.15) is 0 Å². The molecule has 1 aromatic carbocycles. The molecule has 4 heterocycles.